The molecule has 18 heavy (non-hydrogen) atoms. The highest BCUT2D eigenvalue weighted by atomic mass is 16.3. The van der Waals surface area contributed by atoms with Gasteiger partial charge < -0.3 is 14.6 Å². The van der Waals surface area contributed by atoms with Gasteiger partial charge in [0.25, 0.3) is 0 Å². The van der Waals surface area contributed by atoms with Gasteiger partial charge in [-0.3, -0.25) is 4.98 Å². The first-order valence-electron chi connectivity index (χ1n) is 6.07. The fourth-order valence-corrected chi connectivity index (χ4v) is 1.62. The molecule has 96 valence electrons. The summed E-state index contributed by atoms with van der Waals surface area (Å²) in [6.45, 7) is 3.78. The van der Waals surface area contributed by atoms with Gasteiger partial charge in [-0.1, -0.05) is 6.92 Å². The van der Waals surface area contributed by atoms with Crippen molar-refractivity contribution in [3.05, 3.63) is 36.5 Å². The molecule has 0 spiro atoms. The van der Waals surface area contributed by atoms with Gasteiger partial charge in [0, 0.05) is 25.7 Å². The summed E-state index contributed by atoms with van der Waals surface area (Å²) in [7, 11) is 1.99. The van der Waals surface area contributed by atoms with Gasteiger partial charge in [-0.25, -0.2) is 4.98 Å². The molecule has 0 atom stereocenters. The number of anilines is 2. The topological polar surface area (TPSA) is 54.2 Å². The van der Waals surface area contributed by atoms with Crippen molar-refractivity contribution in [1.29, 1.82) is 0 Å². The number of nitrogens with one attached hydrogen (secondary N) is 1. The number of hydrogen-bond acceptors (Lipinski definition) is 5. The van der Waals surface area contributed by atoms with Crippen LogP contribution in [0.1, 0.15) is 18.9 Å². The summed E-state index contributed by atoms with van der Waals surface area (Å²) >= 11 is 0. The second-order valence-electron chi connectivity index (χ2n) is 4.18. The van der Waals surface area contributed by atoms with Crippen molar-refractivity contribution in [2.75, 3.05) is 23.8 Å². The van der Waals surface area contributed by atoms with Crippen LogP contribution in [0.3, 0.4) is 0 Å². The normalized spacial score (nSPS) is 10.3. The first kappa shape index (κ1) is 12.4. The van der Waals surface area contributed by atoms with E-state index in [1.807, 2.05) is 18.0 Å². The lowest BCUT2D eigenvalue weighted by molar-refractivity contribution is 0.563. The molecule has 2 rings (SSSR count). The summed E-state index contributed by atoms with van der Waals surface area (Å²) < 4.78 is 5.05. The lowest BCUT2D eigenvalue weighted by Crippen LogP contribution is -2.18. The van der Waals surface area contributed by atoms with Crippen LogP contribution in [0.4, 0.5) is 11.6 Å². The fourth-order valence-electron chi connectivity index (χ4n) is 1.62. The lowest BCUT2D eigenvalue weighted by atomic mass is 10.3. The predicted octanol–water partition coefficient (Wildman–Crippen LogP) is 2.53. The molecule has 0 amide bonds. The minimum atomic E-state index is 0.752. The molecular weight excluding hydrogens is 228 g/mol. The summed E-state index contributed by atoms with van der Waals surface area (Å²) in [5.41, 5.74) is 1.12. The summed E-state index contributed by atoms with van der Waals surface area (Å²) in [4.78, 5) is 10.7. The van der Waals surface area contributed by atoms with E-state index in [0.717, 1.165) is 36.7 Å². The quantitative estimate of drug-likeness (QED) is 0.848. The number of furan rings is 1. The van der Waals surface area contributed by atoms with Gasteiger partial charge in [0.1, 0.15) is 11.6 Å². The van der Waals surface area contributed by atoms with E-state index in [2.05, 4.69) is 22.2 Å². The zero-order valence-corrected chi connectivity index (χ0v) is 10.8. The average molecular weight is 246 g/mol. The summed E-state index contributed by atoms with van der Waals surface area (Å²) in [5.74, 6) is 1.66. The second-order valence-corrected chi connectivity index (χ2v) is 4.18. The standard InChI is InChI=1S/C13H18N4O/c1-3-5-15-12-7-14-8-13(16-12)17(2)9-11-4-6-18-10-11/h4,6-8,10H,3,5,9H2,1-2H3,(H,15,16). The van der Waals surface area contributed by atoms with Crippen molar-refractivity contribution >= 4 is 11.6 Å². The van der Waals surface area contributed by atoms with Crippen LogP contribution in [0.25, 0.3) is 0 Å². The summed E-state index contributed by atoms with van der Waals surface area (Å²) in [5, 5.41) is 3.23. The van der Waals surface area contributed by atoms with Crippen molar-refractivity contribution < 1.29 is 4.42 Å². The Kier molecular flexibility index (Phi) is 4.17. The van der Waals surface area contributed by atoms with E-state index in [0.29, 0.717) is 0 Å². The third-order valence-electron chi connectivity index (χ3n) is 2.57. The minimum absolute atomic E-state index is 0.752. The maximum Gasteiger partial charge on any atom is 0.149 e. The molecule has 0 radical (unpaired) electrons. The Morgan fingerprint density at radius 3 is 3.00 bits per heavy atom. The maximum atomic E-state index is 5.05. The molecule has 1 N–H and O–H groups in total. The van der Waals surface area contributed by atoms with E-state index in [4.69, 9.17) is 4.42 Å². The molecule has 0 aliphatic carbocycles. The van der Waals surface area contributed by atoms with E-state index in [1.165, 1.54) is 0 Å². The SMILES string of the molecule is CCCNc1cncc(N(C)Cc2ccoc2)n1. The van der Waals surface area contributed by atoms with Crippen LogP contribution in [-0.2, 0) is 6.54 Å². The van der Waals surface area contributed by atoms with Gasteiger partial charge in [0.05, 0.1) is 24.9 Å². The maximum absolute atomic E-state index is 5.05. The van der Waals surface area contributed by atoms with Gasteiger partial charge in [-0.15, -0.1) is 0 Å². The molecule has 0 aliphatic heterocycles. The van der Waals surface area contributed by atoms with E-state index in [9.17, 15) is 0 Å². The van der Waals surface area contributed by atoms with Gasteiger partial charge >= 0.3 is 0 Å². The highest BCUT2D eigenvalue weighted by Crippen LogP contribution is 2.14. The lowest BCUT2D eigenvalue weighted by Gasteiger charge is -2.17. The van der Waals surface area contributed by atoms with Gasteiger partial charge in [-0.2, -0.15) is 0 Å². The molecule has 0 fully saturated rings. The van der Waals surface area contributed by atoms with E-state index < -0.39 is 0 Å². The third kappa shape index (κ3) is 3.23. The highest BCUT2D eigenvalue weighted by molar-refractivity contribution is 5.43. The Labute approximate surface area is 107 Å². The van der Waals surface area contributed by atoms with Crippen LogP contribution in [-0.4, -0.2) is 23.6 Å². The Hall–Kier alpha value is -2.04. The summed E-state index contributed by atoms with van der Waals surface area (Å²) in [6.07, 6.45) is 7.98. The monoisotopic (exact) mass is 246 g/mol. The Balaban J connectivity index is 2.03. The first-order chi connectivity index (χ1) is 8.79. The van der Waals surface area contributed by atoms with Crippen molar-refractivity contribution in [1.82, 2.24) is 9.97 Å². The van der Waals surface area contributed by atoms with Crippen LogP contribution in [0.5, 0.6) is 0 Å². The van der Waals surface area contributed by atoms with Crippen molar-refractivity contribution in [3.63, 3.8) is 0 Å². The van der Waals surface area contributed by atoms with Crippen LogP contribution in [0, 0.1) is 0 Å². The number of aromatic nitrogens is 2. The molecule has 5 heteroatoms. The molecule has 0 bridgehead atoms. The van der Waals surface area contributed by atoms with Gasteiger partial charge in [0.15, 0.2) is 0 Å². The van der Waals surface area contributed by atoms with Gasteiger partial charge in [-0.05, 0) is 12.5 Å². The number of nitrogens with zero attached hydrogens (tertiary/aromatic N) is 3. The molecule has 0 saturated carbocycles. The zero-order valence-electron chi connectivity index (χ0n) is 10.8. The van der Waals surface area contributed by atoms with Crippen LogP contribution in [0.15, 0.2) is 35.4 Å². The van der Waals surface area contributed by atoms with E-state index >= 15 is 0 Å². The zero-order chi connectivity index (χ0) is 12.8. The smallest absolute Gasteiger partial charge is 0.149 e. The van der Waals surface area contributed by atoms with Crippen molar-refractivity contribution in [2.45, 2.75) is 19.9 Å². The van der Waals surface area contributed by atoms with Crippen molar-refractivity contribution in [3.8, 4) is 0 Å². The van der Waals surface area contributed by atoms with E-state index in [-0.39, 0.29) is 0 Å². The Bertz CT molecular complexity index is 470. The second kappa shape index (κ2) is 6.05. The molecule has 0 aromatic carbocycles. The van der Waals surface area contributed by atoms with Gasteiger partial charge in [0.2, 0.25) is 0 Å². The number of rotatable bonds is 6. The van der Waals surface area contributed by atoms with Crippen LogP contribution >= 0.6 is 0 Å². The largest absolute Gasteiger partial charge is 0.472 e. The molecular formula is C13H18N4O. The van der Waals surface area contributed by atoms with Crippen molar-refractivity contribution in [2.24, 2.45) is 0 Å². The van der Waals surface area contributed by atoms with Crippen LogP contribution < -0.4 is 10.2 Å². The summed E-state index contributed by atoms with van der Waals surface area (Å²) in [6, 6.07) is 1.95. The minimum Gasteiger partial charge on any atom is -0.472 e. The third-order valence-corrected chi connectivity index (χ3v) is 2.57. The predicted molar refractivity (Wildman–Crippen MR) is 71.6 cm³/mol. The Morgan fingerprint density at radius 2 is 2.28 bits per heavy atom. The average Bonchev–Trinajstić information content (AvgIpc) is 2.89. The molecule has 2 heterocycles. The molecule has 2 aromatic heterocycles. The van der Waals surface area contributed by atoms with Crippen LogP contribution in [0.2, 0.25) is 0 Å². The fraction of sp³-hybridized carbons (Fsp3) is 0.385. The molecule has 0 unspecified atom stereocenters. The Morgan fingerprint density at radius 1 is 1.39 bits per heavy atom. The molecule has 0 aliphatic rings. The van der Waals surface area contributed by atoms with E-state index in [1.54, 1.807) is 24.9 Å². The molecule has 5 nitrogen and oxygen atoms in total. The first-order valence-corrected chi connectivity index (χ1v) is 6.07. The molecule has 2 aromatic rings. The number of hydrogen-bond donors (Lipinski definition) is 1. The highest BCUT2D eigenvalue weighted by Gasteiger charge is 2.06. The molecule has 0 saturated heterocycles.